The zero-order chi connectivity index (χ0) is 15.9. The standard InChI is InChI=1S/C16H28N2O2S/c1-5-16(4,6-2)18-21(19,20)15-10-8-14(9-11-15)12-13-17-7-3/h8-11,17-18H,5-7,12-13H2,1-4H3. The molecule has 0 amide bonds. The molecular formula is C16H28N2O2S. The van der Waals surface area contributed by atoms with Gasteiger partial charge in [0.25, 0.3) is 0 Å². The van der Waals surface area contributed by atoms with Crippen LogP contribution in [0.5, 0.6) is 0 Å². The van der Waals surface area contributed by atoms with Gasteiger partial charge >= 0.3 is 0 Å². The maximum Gasteiger partial charge on any atom is 0.241 e. The van der Waals surface area contributed by atoms with Crippen molar-refractivity contribution >= 4 is 10.0 Å². The number of hydrogen-bond acceptors (Lipinski definition) is 3. The summed E-state index contributed by atoms with van der Waals surface area (Å²) in [4.78, 5) is 0.336. The highest BCUT2D eigenvalue weighted by Crippen LogP contribution is 2.19. The molecular weight excluding hydrogens is 284 g/mol. The maximum atomic E-state index is 12.4. The fraction of sp³-hybridized carbons (Fsp3) is 0.625. The molecule has 0 aliphatic rings. The molecule has 0 fully saturated rings. The van der Waals surface area contributed by atoms with Crippen LogP contribution in [-0.4, -0.2) is 27.0 Å². The second-order valence-electron chi connectivity index (χ2n) is 5.62. The van der Waals surface area contributed by atoms with Crippen molar-refractivity contribution in [1.29, 1.82) is 0 Å². The summed E-state index contributed by atoms with van der Waals surface area (Å²) >= 11 is 0. The van der Waals surface area contributed by atoms with Crippen LogP contribution in [0.2, 0.25) is 0 Å². The third-order valence-electron chi connectivity index (χ3n) is 4.02. The lowest BCUT2D eigenvalue weighted by Crippen LogP contribution is -2.44. The SMILES string of the molecule is CCNCCc1ccc(S(=O)(=O)NC(C)(CC)CC)cc1. The molecule has 0 spiro atoms. The quantitative estimate of drug-likeness (QED) is 0.689. The summed E-state index contributed by atoms with van der Waals surface area (Å²) < 4.78 is 27.6. The van der Waals surface area contributed by atoms with Crippen LogP contribution in [-0.2, 0) is 16.4 Å². The topological polar surface area (TPSA) is 58.2 Å². The van der Waals surface area contributed by atoms with E-state index in [2.05, 4.69) is 17.0 Å². The molecule has 0 bridgehead atoms. The van der Waals surface area contributed by atoms with Crippen LogP contribution in [0, 0.1) is 0 Å². The number of sulfonamides is 1. The second kappa shape index (κ2) is 7.92. The summed E-state index contributed by atoms with van der Waals surface area (Å²) in [6.45, 7) is 9.86. The lowest BCUT2D eigenvalue weighted by molar-refractivity contribution is 0.388. The first-order valence-corrected chi connectivity index (χ1v) is 9.19. The number of likely N-dealkylation sites (N-methyl/N-ethyl adjacent to an activating group) is 1. The van der Waals surface area contributed by atoms with Gasteiger partial charge in [-0.25, -0.2) is 13.1 Å². The monoisotopic (exact) mass is 312 g/mol. The highest BCUT2D eigenvalue weighted by Gasteiger charge is 2.27. The van der Waals surface area contributed by atoms with Crippen molar-refractivity contribution in [3.63, 3.8) is 0 Å². The second-order valence-corrected chi connectivity index (χ2v) is 7.30. The van der Waals surface area contributed by atoms with Gasteiger partial charge in [0, 0.05) is 5.54 Å². The zero-order valence-corrected chi connectivity index (χ0v) is 14.4. The van der Waals surface area contributed by atoms with Gasteiger partial charge in [-0.15, -0.1) is 0 Å². The molecule has 4 nitrogen and oxygen atoms in total. The van der Waals surface area contributed by atoms with Crippen LogP contribution in [0.4, 0.5) is 0 Å². The Morgan fingerprint density at radius 1 is 1.05 bits per heavy atom. The van der Waals surface area contributed by atoms with Gasteiger partial charge in [-0.1, -0.05) is 32.9 Å². The van der Waals surface area contributed by atoms with Gasteiger partial charge in [0.2, 0.25) is 10.0 Å². The van der Waals surface area contributed by atoms with Crippen LogP contribution in [0.25, 0.3) is 0 Å². The molecule has 0 unspecified atom stereocenters. The minimum Gasteiger partial charge on any atom is -0.317 e. The Kier molecular flexibility index (Phi) is 6.84. The Morgan fingerprint density at radius 2 is 1.62 bits per heavy atom. The van der Waals surface area contributed by atoms with Crippen LogP contribution in [0.3, 0.4) is 0 Å². The lowest BCUT2D eigenvalue weighted by Gasteiger charge is -2.27. The number of benzene rings is 1. The van der Waals surface area contributed by atoms with Crippen molar-refractivity contribution in [1.82, 2.24) is 10.0 Å². The number of nitrogens with one attached hydrogen (secondary N) is 2. The first-order valence-electron chi connectivity index (χ1n) is 7.70. The molecule has 0 saturated heterocycles. The van der Waals surface area contributed by atoms with Gasteiger partial charge in [0.1, 0.15) is 0 Å². The molecule has 1 aromatic rings. The fourth-order valence-electron chi connectivity index (χ4n) is 2.02. The van der Waals surface area contributed by atoms with Crippen molar-refractivity contribution in [3.05, 3.63) is 29.8 Å². The van der Waals surface area contributed by atoms with E-state index < -0.39 is 10.0 Å². The lowest BCUT2D eigenvalue weighted by atomic mass is 9.98. The van der Waals surface area contributed by atoms with Crippen molar-refractivity contribution in [3.8, 4) is 0 Å². The molecule has 0 aliphatic carbocycles. The van der Waals surface area contributed by atoms with Gasteiger partial charge in [-0.05, 0) is 57.0 Å². The molecule has 21 heavy (non-hydrogen) atoms. The molecule has 0 heterocycles. The third-order valence-corrected chi connectivity index (χ3v) is 5.67. The van der Waals surface area contributed by atoms with Gasteiger partial charge < -0.3 is 5.32 Å². The first kappa shape index (κ1) is 18.1. The Balaban J connectivity index is 2.80. The minimum atomic E-state index is -3.45. The van der Waals surface area contributed by atoms with E-state index in [1.54, 1.807) is 12.1 Å². The molecule has 5 heteroatoms. The van der Waals surface area contributed by atoms with E-state index in [0.717, 1.165) is 37.9 Å². The van der Waals surface area contributed by atoms with Crippen molar-refractivity contribution in [2.45, 2.75) is 57.4 Å². The van der Waals surface area contributed by atoms with Gasteiger partial charge in [0.15, 0.2) is 0 Å². The Labute approximate surface area is 129 Å². The smallest absolute Gasteiger partial charge is 0.241 e. The fourth-order valence-corrected chi connectivity index (χ4v) is 3.57. The Morgan fingerprint density at radius 3 is 2.10 bits per heavy atom. The summed E-state index contributed by atoms with van der Waals surface area (Å²) in [5.74, 6) is 0. The van der Waals surface area contributed by atoms with Gasteiger partial charge in [-0.2, -0.15) is 0 Å². The molecule has 0 aliphatic heterocycles. The third kappa shape index (κ3) is 5.41. The molecule has 0 radical (unpaired) electrons. The Hall–Kier alpha value is -0.910. The summed E-state index contributed by atoms with van der Waals surface area (Å²) in [6, 6.07) is 7.16. The molecule has 120 valence electrons. The maximum absolute atomic E-state index is 12.4. The van der Waals surface area contributed by atoms with E-state index in [1.165, 1.54) is 0 Å². The summed E-state index contributed by atoms with van der Waals surface area (Å²) in [5.41, 5.74) is 0.756. The summed E-state index contributed by atoms with van der Waals surface area (Å²) in [6.07, 6.45) is 2.44. The summed E-state index contributed by atoms with van der Waals surface area (Å²) in [5, 5.41) is 3.26. The number of hydrogen-bond donors (Lipinski definition) is 2. The van der Waals surface area contributed by atoms with Gasteiger partial charge in [0.05, 0.1) is 4.90 Å². The van der Waals surface area contributed by atoms with Crippen molar-refractivity contribution in [2.24, 2.45) is 0 Å². The predicted octanol–water partition coefficient (Wildman–Crippen LogP) is 2.70. The molecule has 0 aromatic heterocycles. The van der Waals surface area contributed by atoms with Gasteiger partial charge in [-0.3, -0.25) is 0 Å². The largest absolute Gasteiger partial charge is 0.317 e. The van der Waals surface area contributed by atoms with E-state index in [4.69, 9.17) is 0 Å². The highest BCUT2D eigenvalue weighted by molar-refractivity contribution is 7.89. The van der Waals surface area contributed by atoms with E-state index >= 15 is 0 Å². The van der Waals surface area contributed by atoms with E-state index in [9.17, 15) is 8.42 Å². The molecule has 0 atom stereocenters. The zero-order valence-electron chi connectivity index (χ0n) is 13.6. The van der Waals surface area contributed by atoms with Crippen molar-refractivity contribution < 1.29 is 8.42 Å². The Bertz CT molecular complexity index is 520. The molecule has 1 aromatic carbocycles. The molecule has 1 rings (SSSR count). The van der Waals surface area contributed by atoms with Crippen LogP contribution in [0.15, 0.2) is 29.2 Å². The average molecular weight is 312 g/mol. The van der Waals surface area contributed by atoms with E-state index in [0.29, 0.717) is 4.90 Å². The number of rotatable bonds is 9. The van der Waals surface area contributed by atoms with Crippen LogP contribution < -0.4 is 10.0 Å². The van der Waals surface area contributed by atoms with Crippen molar-refractivity contribution in [2.75, 3.05) is 13.1 Å². The van der Waals surface area contributed by atoms with E-state index in [-0.39, 0.29) is 5.54 Å². The van der Waals surface area contributed by atoms with Crippen LogP contribution >= 0.6 is 0 Å². The van der Waals surface area contributed by atoms with Crippen LogP contribution in [0.1, 0.15) is 46.1 Å². The first-order chi connectivity index (χ1) is 9.87. The normalized spacial score (nSPS) is 12.6. The molecule has 0 saturated carbocycles. The highest BCUT2D eigenvalue weighted by atomic mass is 32.2. The van der Waals surface area contributed by atoms with E-state index in [1.807, 2.05) is 32.9 Å². The summed E-state index contributed by atoms with van der Waals surface area (Å²) in [7, 11) is -3.45. The predicted molar refractivity (Wildman–Crippen MR) is 88.0 cm³/mol. The minimum absolute atomic E-state index is 0.336. The average Bonchev–Trinajstić information content (AvgIpc) is 2.47. The molecule has 2 N–H and O–H groups in total.